The van der Waals surface area contributed by atoms with Crippen LogP contribution in [0.25, 0.3) is 0 Å². The third-order valence-corrected chi connectivity index (χ3v) is 3.81. The summed E-state index contributed by atoms with van der Waals surface area (Å²) in [6.07, 6.45) is 4.93. The summed E-state index contributed by atoms with van der Waals surface area (Å²) in [4.78, 5) is 6.82. The average Bonchev–Trinajstić information content (AvgIpc) is 2.93. The third-order valence-electron chi connectivity index (χ3n) is 3.81. The van der Waals surface area contributed by atoms with Gasteiger partial charge in [0.05, 0.1) is 6.54 Å². The minimum absolute atomic E-state index is 0.128. The molecule has 0 bridgehead atoms. The van der Waals surface area contributed by atoms with Crippen molar-refractivity contribution in [2.75, 3.05) is 13.1 Å². The van der Waals surface area contributed by atoms with Crippen molar-refractivity contribution in [1.82, 2.24) is 14.5 Å². The molecule has 1 aliphatic rings. The van der Waals surface area contributed by atoms with E-state index < -0.39 is 0 Å². The van der Waals surface area contributed by atoms with E-state index in [1.165, 1.54) is 11.4 Å². The number of nitrogens with zero attached hydrogens (tertiary/aromatic N) is 3. The van der Waals surface area contributed by atoms with Gasteiger partial charge in [0.2, 0.25) is 0 Å². The Morgan fingerprint density at radius 1 is 1.21 bits per heavy atom. The van der Waals surface area contributed by atoms with Gasteiger partial charge >= 0.3 is 0 Å². The number of hydrogen-bond donors (Lipinski definition) is 1. The molecule has 0 amide bonds. The summed E-state index contributed by atoms with van der Waals surface area (Å²) in [6.45, 7) is 4.10. The molecule has 1 aromatic heterocycles. The molecule has 3 rings (SSSR count). The van der Waals surface area contributed by atoms with Crippen LogP contribution < -0.4 is 5.73 Å². The van der Waals surface area contributed by atoms with Crippen LogP contribution in [0.2, 0.25) is 0 Å². The molecule has 1 atom stereocenters. The topological polar surface area (TPSA) is 47.1 Å². The molecule has 0 aliphatic carbocycles. The molecular weight excluding hydrogens is 236 g/mol. The van der Waals surface area contributed by atoms with Crippen LogP contribution in [0.1, 0.15) is 23.9 Å². The van der Waals surface area contributed by atoms with E-state index in [9.17, 15) is 0 Å². The molecule has 4 nitrogen and oxygen atoms in total. The van der Waals surface area contributed by atoms with Crippen LogP contribution in [-0.2, 0) is 13.1 Å². The van der Waals surface area contributed by atoms with Gasteiger partial charge in [-0.2, -0.15) is 0 Å². The van der Waals surface area contributed by atoms with Crippen molar-refractivity contribution in [3.05, 3.63) is 54.1 Å². The predicted molar refractivity (Wildman–Crippen MR) is 75.5 cm³/mol. The highest BCUT2D eigenvalue weighted by Crippen LogP contribution is 2.16. The number of fused-ring (bicyclic) bond motifs is 1. The standard InChI is InChI=1S/C15H20N4/c16-14(13-4-2-1-3-5-13)6-8-18-10-11-19-9-7-17-15(19)12-18/h1-5,7,9,14H,6,8,10-12,16H2. The maximum Gasteiger partial charge on any atom is 0.122 e. The Labute approximate surface area is 113 Å². The van der Waals surface area contributed by atoms with Gasteiger partial charge in [-0.05, 0) is 12.0 Å². The first-order chi connectivity index (χ1) is 9.33. The number of aromatic nitrogens is 2. The molecular formula is C15H20N4. The fraction of sp³-hybridized carbons (Fsp3) is 0.400. The Kier molecular flexibility index (Phi) is 3.62. The molecule has 1 aromatic carbocycles. The van der Waals surface area contributed by atoms with E-state index in [0.29, 0.717) is 0 Å². The van der Waals surface area contributed by atoms with Crippen LogP contribution in [0.5, 0.6) is 0 Å². The lowest BCUT2D eigenvalue weighted by molar-refractivity contribution is 0.210. The summed E-state index contributed by atoms with van der Waals surface area (Å²) in [5.74, 6) is 1.17. The summed E-state index contributed by atoms with van der Waals surface area (Å²) < 4.78 is 2.23. The first kappa shape index (κ1) is 12.4. The van der Waals surface area contributed by atoms with Crippen molar-refractivity contribution in [2.24, 2.45) is 5.73 Å². The van der Waals surface area contributed by atoms with Gasteiger partial charge in [-0.25, -0.2) is 4.98 Å². The third kappa shape index (κ3) is 2.85. The first-order valence-corrected chi connectivity index (χ1v) is 6.86. The largest absolute Gasteiger partial charge is 0.333 e. The highest BCUT2D eigenvalue weighted by Gasteiger charge is 2.17. The van der Waals surface area contributed by atoms with Gasteiger partial charge in [-0.1, -0.05) is 30.3 Å². The van der Waals surface area contributed by atoms with Crippen LogP contribution in [0.15, 0.2) is 42.7 Å². The molecule has 0 saturated heterocycles. The summed E-state index contributed by atoms with van der Waals surface area (Å²) in [5, 5.41) is 0. The molecule has 2 N–H and O–H groups in total. The summed E-state index contributed by atoms with van der Waals surface area (Å²) in [5.41, 5.74) is 7.46. The monoisotopic (exact) mass is 256 g/mol. The quantitative estimate of drug-likeness (QED) is 0.907. The van der Waals surface area contributed by atoms with Gasteiger partial charge in [-0.15, -0.1) is 0 Å². The SMILES string of the molecule is NC(CCN1CCn2ccnc2C1)c1ccccc1. The average molecular weight is 256 g/mol. The number of hydrogen-bond acceptors (Lipinski definition) is 3. The van der Waals surface area contributed by atoms with Crippen LogP contribution in [0, 0.1) is 0 Å². The second-order valence-corrected chi connectivity index (χ2v) is 5.12. The number of imidazole rings is 1. The number of benzene rings is 1. The van der Waals surface area contributed by atoms with E-state index in [-0.39, 0.29) is 6.04 Å². The minimum Gasteiger partial charge on any atom is -0.333 e. The van der Waals surface area contributed by atoms with Crippen LogP contribution >= 0.6 is 0 Å². The second-order valence-electron chi connectivity index (χ2n) is 5.12. The lowest BCUT2D eigenvalue weighted by Gasteiger charge is -2.28. The minimum atomic E-state index is 0.128. The lowest BCUT2D eigenvalue weighted by Crippen LogP contribution is -2.35. The van der Waals surface area contributed by atoms with E-state index >= 15 is 0 Å². The van der Waals surface area contributed by atoms with Crippen LogP contribution in [0.3, 0.4) is 0 Å². The maximum atomic E-state index is 6.24. The zero-order valence-corrected chi connectivity index (χ0v) is 11.1. The van der Waals surface area contributed by atoms with E-state index in [1.54, 1.807) is 0 Å². The first-order valence-electron chi connectivity index (χ1n) is 6.86. The highest BCUT2D eigenvalue weighted by molar-refractivity contribution is 5.18. The Hall–Kier alpha value is -1.65. The number of rotatable bonds is 4. The zero-order chi connectivity index (χ0) is 13.1. The Morgan fingerprint density at radius 2 is 2.05 bits per heavy atom. The van der Waals surface area contributed by atoms with Crippen molar-refractivity contribution >= 4 is 0 Å². The molecule has 100 valence electrons. The molecule has 2 heterocycles. The fourth-order valence-corrected chi connectivity index (χ4v) is 2.60. The summed E-state index contributed by atoms with van der Waals surface area (Å²) in [6, 6.07) is 10.5. The summed E-state index contributed by atoms with van der Waals surface area (Å²) in [7, 11) is 0. The fourth-order valence-electron chi connectivity index (χ4n) is 2.60. The summed E-state index contributed by atoms with van der Waals surface area (Å²) >= 11 is 0. The van der Waals surface area contributed by atoms with Gasteiger partial charge in [0.1, 0.15) is 5.82 Å². The van der Waals surface area contributed by atoms with Gasteiger partial charge in [0, 0.05) is 38.1 Å². The normalized spacial score (nSPS) is 17.1. The van der Waals surface area contributed by atoms with Crippen molar-refractivity contribution < 1.29 is 0 Å². The van der Waals surface area contributed by atoms with E-state index in [2.05, 4.69) is 32.8 Å². The smallest absolute Gasteiger partial charge is 0.122 e. The highest BCUT2D eigenvalue weighted by atomic mass is 15.2. The maximum absolute atomic E-state index is 6.24. The number of nitrogens with two attached hydrogens (primary N) is 1. The van der Waals surface area contributed by atoms with Crippen molar-refractivity contribution in [2.45, 2.75) is 25.6 Å². The Balaban J connectivity index is 1.54. The molecule has 1 aliphatic heterocycles. The molecule has 2 aromatic rings. The molecule has 0 fully saturated rings. The molecule has 0 spiro atoms. The Bertz CT molecular complexity index is 520. The molecule has 0 radical (unpaired) electrons. The van der Waals surface area contributed by atoms with E-state index in [0.717, 1.165) is 32.6 Å². The van der Waals surface area contributed by atoms with Gasteiger partial charge < -0.3 is 10.3 Å². The second kappa shape index (κ2) is 5.55. The van der Waals surface area contributed by atoms with Crippen molar-refractivity contribution in [1.29, 1.82) is 0 Å². The zero-order valence-electron chi connectivity index (χ0n) is 11.1. The molecule has 0 saturated carbocycles. The Morgan fingerprint density at radius 3 is 2.89 bits per heavy atom. The van der Waals surface area contributed by atoms with Crippen molar-refractivity contribution in [3.63, 3.8) is 0 Å². The van der Waals surface area contributed by atoms with Gasteiger partial charge in [0.15, 0.2) is 0 Å². The van der Waals surface area contributed by atoms with Crippen LogP contribution in [-0.4, -0.2) is 27.5 Å². The molecule has 19 heavy (non-hydrogen) atoms. The molecule has 1 unspecified atom stereocenters. The molecule has 4 heteroatoms. The van der Waals surface area contributed by atoms with Crippen LogP contribution in [0.4, 0.5) is 0 Å². The predicted octanol–water partition coefficient (Wildman–Crippen LogP) is 1.79. The van der Waals surface area contributed by atoms with Gasteiger partial charge in [-0.3, -0.25) is 4.90 Å². The lowest BCUT2D eigenvalue weighted by atomic mass is 10.0. The van der Waals surface area contributed by atoms with Gasteiger partial charge in [0.25, 0.3) is 0 Å². The van der Waals surface area contributed by atoms with E-state index in [4.69, 9.17) is 5.73 Å². The van der Waals surface area contributed by atoms with Crippen molar-refractivity contribution in [3.8, 4) is 0 Å². The van der Waals surface area contributed by atoms with E-state index in [1.807, 2.05) is 24.4 Å².